The monoisotopic (exact) mass is 377 g/mol. The molecule has 0 rings (SSSR count). The fourth-order valence-corrected chi connectivity index (χ4v) is 4.48. The molecule has 0 bridgehead atoms. The molecule has 0 aliphatic heterocycles. The summed E-state index contributed by atoms with van der Waals surface area (Å²) in [4.78, 5) is 4.86. The van der Waals surface area contributed by atoms with Crippen molar-refractivity contribution in [3.05, 3.63) is 0 Å². The van der Waals surface area contributed by atoms with Crippen molar-refractivity contribution in [1.82, 2.24) is 14.1 Å². The highest BCUT2D eigenvalue weighted by molar-refractivity contribution is 7.88. The first-order valence-electron chi connectivity index (χ1n) is 9.58. The van der Waals surface area contributed by atoms with E-state index in [4.69, 9.17) is 0 Å². The first-order valence-corrected chi connectivity index (χ1v) is 11.4. The molecule has 0 saturated heterocycles. The van der Waals surface area contributed by atoms with E-state index in [9.17, 15) is 8.42 Å². The van der Waals surface area contributed by atoms with Crippen molar-refractivity contribution >= 4 is 10.0 Å². The maximum Gasteiger partial charge on any atom is 0.211 e. The normalized spacial score (nSPS) is 15.4. The summed E-state index contributed by atoms with van der Waals surface area (Å²) in [6.07, 6.45) is 1.31. The SMILES string of the molecule is CCN(CC)CCN(CCN(C(C)(C)C)S(C)(=O)=O)C(C)C(C)(C)C. The fourth-order valence-electron chi connectivity index (χ4n) is 3.07. The van der Waals surface area contributed by atoms with Crippen LogP contribution in [0.2, 0.25) is 0 Å². The lowest BCUT2D eigenvalue weighted by molar-refractivity contribution is 0.0876. The maximum absolute atomic E-state index is 12.2. The van der Waals surface area contributed by atoms with E-state index in [1.807, 2.05) is 20.8 Å². The Bertz CT molecular complexity index is 474. The van der Waals surface area contributed by atoms with E-state index in [0.717, 1.165) is 32.7 Å². The molecule has 152 valence electrons. The van der Waals surface area contributed by atoms with Crippen LogP contribution in [-0.2, 0) is 10.0 Å². The summed E-state index contributed by atoms with van der Waals surface area (Å²) in [5.74, 6) is 0. The van der Waals surface area contributed by atoms with Gasteiger partial charge in [0.15, 0.2) is 0 Å². The molecule has 0 N–H and O–H groups in total. The zero-order valence-electron chi connectivity index (χ0n) is 18.4. The van der Waals surface area contributed by atoms with Crippen LogP contribution in [0.25, 0.3) is 0 Å². The lowest BCUT2D eigenvalue weighted by Gasteiger charge is -2.41. The Morgan fingerprint density at radius 3 is 1.60 bits per heavy atom. The van der Waals surface area contributed by atoms with Crippen molar-refractivity contribution in [2.75, 3.05) is 45.5 Å². The van der Waals surface area contributed by atoms with Gasteiger partial charge in [0, 0.05) is 37.8 Å². The minimum Gasteiger partial charge on any atom is -0.303 e. The molecule has 0 aliphatic rings. The van der Waals surface area contributed by atoms with E-state index in [2.05, 4.69) is 51.3 Å². The third-order valence-corrected chi connectivity index (χ3v) is 6.67. The van der Waals surface area contributed by atoms with Gasteiger partial charge in [0.2, 0.25) is 10.0 Å². The van der Waals surface area contributed by atoms with Gasteiger partial charge in [0.05, 0.1) is 6.26 Å². The lowest BCUT2D eigenvalue weighted by atomic mass is 9.87. The second-order valence-electron chi connectivity index (χ2n) is 9.11. The first-order chi connectivity index (χ1) is 11.1. The summed E-state index contributed by atoms with van der Waals surface area (Å²) in [7, 11) is -3.22. The van der Waals surface area contributed by atoms with Crippen LogP contribution in [0.3, 0.4) is 0 Å². The van der Waals surface area contributed by atoms with Gasteiger partial charge in [-0.25, -0.2) is 8.42 Å². The predicted molar refractivity (Wildman–Crippen MR) is 110 cm³/mol. The minimum atomic E-state index is -3.22. The Morgan fingerprint density at radius 1 is 0.840 bits per heavy atom. The van der Waals surface area contributed by atoms with Gasteiger partial charge in [-0.1, -0.05) is 34.6 Å². The highest BCUT2D eigenvalue weighted by atomic mass is 32.2. The van der Waals surface area contributed by atoms with Crippen molar-refractivity contribution in [3.63, 3.8) is 0 Å². The van der Waals surface area contributed by atoms with Gasteiger partial charge in [-0.15, -0.1) is 0 Å². The summed E-state index contributed by atoms with van der Waals surface area (Å²) in [6, 6.07) is 0.379. The van der Waals surface area contributed by atoms with Gasteiger partial charge in [-0.3, -0.25) is 4.90 Å². The van der Waals surface area contributed by atoms with Crippen molar-refractivity contribution in [1.29, 1.82) is 0 Å². The molecule has 0 aromatic carbocycles. The Balaban J connectivity index is 5.22. The van der Waals surface area contributed by atoms with E-state index < -0.39 is 15.6 Å². The van der Waals surface area contributed by atoms with Gasteiger partial charge in [0.1, 0.15) is 0 Å². The molecule has 6 heteroatoms. The number of hydrogen-bond acceptors (Lipinski definition) is 4. The summed E-state index contributed by atoms with van der Waals surface area (Å²) in [5, 5.41) is 0. The van der Waals surface area contributed by atoms with Gasteiger partial charge in [-0.05, 0) is 46.2 Å². The number of hydrogen-bond donors (Lipinski definition) is 0. The zero-order valence-corrected chi connectivity index (χ0v) is 19.2. The van der Waals surface area contributed by atoms with Crippen molar-refractivity contribution < 1.29 is 8.42 Å². The first kappa shape index (κ1) is 24.8. The number of sulfonamides is 1. The number of rotatable bonds is 10. The van der Waals surface area contributed by atoms with Crippen LogP contribution in [-0.4, -0.2) is 79.6 Å². The van der Waals surface area contributed by atoms with Crippen molar-refractivity contribution in [2.45, 2.75) is 73.9 Å². The van der Waals surface area contributed by atoms with Crippen molar-refractivity contribution in [3.8, 4) is 0 Å². The van der Waals surface area contributed by atoms with Crippen LogP contribution in [0.4, 0.5) is 0 Å². The van der Waals surface area contributed by atoms with E-state index in [0.29, 0.717) is 12.6 Å². The molecule has 0 spiro atoms. The molecule has 0 heterocycles. The molecule has 1 atom stereocenters. The average Bonchev–Trinajstić information content (AvgIpc) is 2.41. The van der Waals surface area contributed by atoms with Crippen LogP contribution in [0.5, 0.6) is 0 Å². The smallest absolute Gasteiger partial charge is 0.211 e. The molecule has 25 heavy (non-hydrogen) atoms. The molecule has 0 fully saturated rings. The molecule has 0 amide bonds. The quantitative estimate of drug-likeness (QED) is 0.587. The standard InChI is InChI=1S/C19H43N3O2S/c1-11-20(12-2)13-14-21(17(3)18(4,5)6)15-16-22(19(7,8)9)25(10,23)24/h17H,11-16H2,1-10H3. The molecule has 0 saturated carbocycles. The molecule has 0 aromatic heterocycles. The summed E-state index contributed by atoms with van der Waals surface area (Å²) in [6.45, 7) is 24.6. The number of nitrogens with zero attached hydrogens (tertiary/aromatic N) is 3. The highest BCUT2D eigenvalue weighted by Gasteiger charge is 2.32. The fraction of sp³-hybridized carbons (Fsp3) is 1.00. The maximum atomic E-state index is 12.2. The third kappa shape index (κ3) is 8.85. The van der Waals surface area contributed by atoms with Crippen molar-refractivity contribution in [2.24, 2.45) is 5.41 Å². The second-order valence-corrected chi connectivity index (χ2v) is 11.0. The summed E-state index contributed by atoms with van der Waals surface area (Å²) < 4.78 is 26.1. The van der Waals surface area contributed by atoms with Crippen LogP contribution < -0.4 is 0 Å². The third-order valence-electron chi connectivity index (χ3n) is 5.14. The van der Waals surface area contributed by atoms with Crippen LogP contribution >= 0.6 is 0 Å². The van der Waals surface area contributed by atoms with Gasteiger partial charge in [-0.2, -0.15) is 4.31 Å². The van der Waals surface area contributed by atoms with E-state index in [-0.39, 0.29) is 5.41 Å². The van der Waals surface area contributed by atoms with Gasteiger partial charge >= 0.3 is 0 Å². The van der Waals surface area contributed by atoms with Crippen LogP contribution in [0.1, 0.15) is 62.3 Å². The topological polar surface area (TPSA) is 43.9 Å². The zero-order chi connectivity index (χ0) is 20.1. The highest BCUT2D eigenvalue weighted by Crippen LogP contribution is 2.25. The lowest BCUT2D eigenvalue weighted by Crippen LogP contribution is -2.52. The largest absolute Gasteiger partial charge is 0.303 e. The van der Waals surface area contributed by atoms with Gasteiger partial charge < -0.3 is 4.90 Å². The average molecular weight is 378 g/mol. The summed E-state index contributed by atoms with van der Waals surface area (Å²) in [5.41, 5.74) is -0.246. The Hall–Kier alpha value is -0.170. The van der Waals surface area contributed by atoms with E-state index in [1.165, 1.54) is 6.26 Å². The molecule has 0 aliphatic carbocycles. The molecule has 5 nitrogen and oxygen atoms in total. The van der Waals surface area contributed by atoms with E-state index >= 15 is 0 Å². The van der Waals surface area contributed by atoms with Gasteiger partial charge in [0.25, 0.3) is 0 Å². The van der Waals surface area contributed by atoms with E-state index in [1.54, 1.807) is 4.31 Å². The molecular formula is C19H43N3O2S. The Morgan fingerprint density at radius 2 is 1.28 bits per heavy atom. The molecule has 0 aromatic rings. The number of likely N-dealkylation sites (N-methyl/N-ethyl adjacent to an activating group) is 1. The predicted octanol–water partition coefficient (Wildman–Crippen LogP) is 3.12. The molecule has 1 unspecified atom stereocenters. The minimum absolute atomic E-state index is 0.154. The second kappa shape index (κ2) is 9.67. The Kier molecular flexibility index (Phi) is 9.61. The molecular weight excluding hydrogens is 334 g/mol. The molecule has 0 radical (unpaired) electrons. The van der Waals surface area contributed by atoms with Crippen LogP contribution in [0.15, 0.2) is 0 Å². The van der Waals surface area contributed by atoms with Crippen LogP contribution in [0, 0.1) is 5.41 Å². The summed E-state index contributed by atoms with van der Waals surface area (Å²) >= 11 is 0. The Labute approximate surface area is 157 Å².